The summed E-state index contributed by atoms with van der Waals surface area (Å²) < 4.78 is 0. The summed E-state index contributed by atoms with van der Waals surface area (Å²) in [5.41, 5.74) is 1.36. The van der Waals surface area contributed by atoms with Gasteiger partial charge in [-0.05, 0) is 37.5 Å². The van der Waals surface area contributed by atoms with Crippen molar-refractivity contribution in [2.24, 2.45) is 0 Å². The minimum absolute atomic E-state index is 0.103. The van der Waals surface area contributed by atoms with E-state index >= 15 is 0 Å². The van der Waals surface area contributed by atoms with Crippen LogP contribution in [0.4, 0.5) is 0 Å². The van der Waals surface area contributed by atoms with Crippen molar-refractivity contribution in [2.75, 3.05) is 39.3 Å². The van der Waals surface area contributed by atoms with Gasteiger partial charge in [-0.1, -0.05) is 0 Å². The van der Waals surface area contributed by atoms with Crippen LogP contribution in [0.3, 0.4) is 0 Å². The predicted octanol–water partition coefficient (Wildman–Crippen LogP) is 0.873. The van der Waals surface area contributed by atoms with Gasteiger partial charge in [-0.2, -0.15) is 0 Å². The second kappa shape index (κ2) is 7.51. The molecule has 0 bridgehead atoms. The summed E-state index contributed by atoms with van der Waals surface area (Å²) in [6, 6.07) is 5.26. The van der Waals surface area contributed by atoms with Gasteiger partial charge < -0.3 is 15.3 Å². The van der Waals surface area contributed by atoms with E-state index in [-0.39, 0.29) is 6.10 Å². The lowest BCUT2D eigenvalue weighted by molar-refractivity contribution is 0.0460. The van der Waals surface area contributed by atoms with Gasteiger partial charge in [-0.3, -0.25) is 9.88 Å². The number of piperidine rings is 1. The van der Waals surface area contributed by atoms with Crippen LogP contribution < -0.4 is 5.32 Å². The van der Waals surface area contributed by atoms with Crippen molar-refractivity contribution < 1.29 is 5.11 Å². The zero-order valence-electron chi connectivity index (χ0n) is 13.5. The molecule has 2 atom stereocenters. The second-order valence-electron chi connectivity index (χ2n) is 6.62. The van der Waals surface area contributed by atoms with Crippen LogP contribution in [-0.4, -0.2) is 71.3 Å². The van der Waals surface area contributed by atoms with Crippen LogP contribution in [0.5, 0.6) is 0 Å². The van der Waals surface area contributed by atoms with E-state index in [2.05, 4.69) is 39.2 Å². The topological polar surface area (TPSA) is 51.6 Å². The Hall–Kier alpha value is -1.01. The van der Waals surface area contributed by atoms with Crippen LogP contribution in [0.15, 0.2) is 24.5 Å². The molecule has 2 saturated heterocycles. The highest BCUT2D eigenvalue weighted by Gasteiger charge is 2.29. The molecule has 3 heterocycles. The van der Waals surface area contributed by atoms with Gasteiger partial charge in [0.25, 0.3) is 0 Å². The third-order valence-electron chi connectivity index (χ3n) is 5.03. The number of aliphatic hydroxyl groups excluding tert-OH is 1. The lowest BCUT2D eigenvalue weighted by Crippen LogP contribution is -2.53. The van der Waals surface area contributed by atoms with Gasteiger partial charge in [0.2, 0.25) is 0 Å². The van der Waals surface area contributed by atoms with Crippen molar-refractivity contribution in [1.82, 2.24) is 20.1 Å². The van der Waals surface area contributed by atoms with Crippen molar-refractivity contribution in [2.45, 2.75) is 38.0 Å². The van der Waals surface area contributed by atoms with E-state index < -0.39 is 0 Å². The molecule has 2 aliphatic rings. The minimum atomic E-state index is -0.103. The van der Waals surface area contributed by atoms with Crippen LogP contribution in [0, 0.1) is 0 Å². The molecule has 22 heavy (non-hydrogen) atoms. The summed E-state index contributed by atoms with van der Waals surface area (Å²) in [6.07, 6.45) is 5.50. The van der Waals surface area contributed by atoms with Gasteiger partial charge in [0.05, 0.1) is 6.10 Å². The Bertz CT molecular complexity index is 447. The molecule has 2 fully saturated rings. The SMILES string of the molecule is CC1CNCCN1C(CN1CCC(O)CC1)c1ccncc1. The number of aromatic nitrogens is 1. The minimum Gasteiger partial charge on any atom is -0.393 e. The van der Waals surface area contributed by atoms with Crippen molar-refractivity contribution in [3.63, 3.8) is 0 Å². The first kappa shape index (κ1) is 15.9. The first-order valence-corrected chi connectivity index (χ1v) is 8.51. The molecule has 1 aromatic heterocycles. The zero-order chi connectivity index (χ0) is 15.4. The molecule has 0 saturated carbocycles. The smallest absolute Gasteiger partial charge is 0.0564 e. The predicted molar refractivity (Wildman–Crippen MR) is 87.7 cm³/mol. The lowest BCUT2D eigenvalue weighted by atomic mass is 10.0. The zero-order valence-corrected chi connectivity index (χ0v) is 13.5. The van der Waals surface area contributed by atoms with E-state index in [1.165, 1.54) is 5.56 Å². The summed E-state index contributed by atoms with van der Waals surface area (Å²) in [4.78, 5) is 9.30. The van der Waals surface area contributed by atoms with Crippen LogP contribution in [0.25, 0.3) is 0 Å². The van der Waals surface area contributed by atoms with Crippen molar-refractivity contribution in [3.05, 3.63) is 30.1 Å². The molecule has 3 rings (SSSR count). The van der Waals surface area contributed by atoms with E-state index in [1.807, 2.05) is 12.4 Å². The quantitative estimate of drug-likeness (QED) is 0.865. The number of hydrogen-bond donors (Lipinski definition) is 2. The average Bonchev–Trinajstić information content (AvgIpc) is 2.56. The number of piperazine rings is 1. The Kier molecular flexibility index (Phi) is 5.41. The van der Waals surface area contributed by atoms with Crippen LogP contribution in [0.1, 0.15) is 31.4 Å². The standard InChI is InChI=1S/C17H28N4O/c1-14-12-19-8-11-21(14)17(15-2-6-18-7-3-15)13-20-9-4-16(22)5-10-20/h2-3,6-7,14,16-17,19,22H,4-5,8-13H2,1H3. The molecule has 5 nitrogen and oxygen atoms in total. The van der Waals surface area contributed by atoms with E-state index in [4.69, 9.17) is 0 Å². The molecule has 0 radical (unpaired) electrons. The maximum absolute atomic E-state index is 9.72. The Morgan fingerprint density at radius 2 is 2.00 bits per heavy atom. The van der Waals surface area contributed by atoms with Gasteiger partial charge in [0, 0.05) is 63.7 Å². The normalized spacial score (nSPS) is 26.9. The number of rotatable bonds is 4. The summed E-state index contributed by atoms with van der Waals surface area (Å²) in [5.74, 6) is 0. The molecular formula is C17H28N4O. The summed E-state index contributed by atoms with van der Waals surface area (Å²) >= 11 is 0. The van der Waals surface area contributed by atoms with Crippen molar-refractivity contribution >= 4 is 0 Å². The monoisotopic (exact) mass is 304 g/mol. The second-order valence-corrected chi connectivity index (χ2v) is 6.62. The van der Waals surface area contributed by atoms with Gasteiger partial charge >= 0.3 is 0 Å². The number of likely N-dealkylation sites (tertiary alicyclic amines) is 1. The molecule has 2 N–H and O–H groups in total. The third kappa shape index (κ3) is 3.84. The molecule has 0 aromatic carbocycles. The first-order valence-electron chi connectivity index (χ1n) is 8.51. The maximum atomic E-state index is 9.72. The molecule has 2 unspecified atom stereocenters. The Balaban J connectivity index is 1.74. The van der Waals surface area contributed by atoms with Gasteiger partial charge in [-0.15, -0.1) is 0 Å². The Labute approximate surface area is 133 Å². The number of hydrogen-bond acceptors (Lipinski definition) is 5. The van der Waals surface area contributed by atoms with Gasteiger partial charge in [-0.25, -0.2) is 0 Å². The number of pyridine rings is 1. The van der Waals surface area contributed by atoms with Gasteiger partial charge in [0.15, 0.2) is 0 Å². The van der Waals surface area contributed by atoms with E-state index in [0.717, 1.165) is 52.1 Å². The fourth-order valence-electron chi connectivity index (χ4n) is 3.65. The Morgan fingerprint density at radius 3 is 2.68 bits per heavy atom. The summed E-state index contributed by atoms with van der Waals surface area (Å²) in [6.45, 7) is 8.56. The molecule has 5 heteroatoms. The highest BCUT2D eigenvalue weighted by Crippen LogP contribution is 2.26. The van der Waals surface area contributed by atoms with E-state index in [9.17, 15) is 5.11 Å². The fraction of sp³-hybridized carbons (Fsp3) is 0.706. The van der Waals surface area contributed by atoms with Crippen LogP contribution >= 0.6 is 0 Å². The summed E-state index contributed by atoms with van der Waals surface area (Å²) in [5, 5.41) is 13.2. The van der Waals surface area contributed by atoms with E-state index in [0.29, 0.717) is 12.1 Å². The molecule has 0 amide bonds. The number of aliphatic hydroxyl groups is 1. The first-order chi connectivity index (χ1) is 10.7. The largest absolute Gasteiger partial charge is 0.393 e. The lowest BCUT2D eigenvalue weighted by Gasteiger charge is -2.43. The average molecular weight is 304 g/mol. The summed E-state index contributed by atoms with van der Waals surface area (Å²) in [7, 11) is 0. The maximum Gasteiger partial charge on any atom is 0.0564 e. The number of nitrogens with zero attached hydrogens (tertiary/aromatic N) is 3. The molecule has 2 aliphatic heterocycles. The fourth-order valence-corrected chi connectivity index (χ4v) is 3.65. The van der Waals surface area contributed by atoms with E-state index in [1.54, 1.807) is 0 Å². The molecular weight excluding hydrogens is 276 g/mol. The molecule has 0 spiro atoms. The van der Waals surface area contributed by atoms with Crippen LogP contribution in [0.2, 0.25) is 0 Å². The van der Waals surface area contributed by atoms with Crippen molar-refractivity contribution in [3.8, 4) is 0 Å². The highest BCUT2D eigenvalue weighted by molar-refractivity contribution is 5.16. The van der Waals surface area contributed by atoms with Crippen molar-refractivity contribution in [1.29, 1.82) is 0 Å². The Morgan fingerprint density at radius 1 is 1.27 bits per heavy atom. The van der Waals surface area contributed by atoms with Crippen LogP contribution in [-0.2, 0) is 0 Å². The number of nitrogens with one attached hydrogen (secondary N) is 1. The van der Waals surface area contributed by atoms with Gasteiger partial charge in [0.1, 0.15) is 0 Å². The molecule has 1 aromatic rings. The molecule has 122 valence electrons. The highest BCUT2D eigenvalue weighted by atomic mass is 16.3. The molecule has 0 aliphatic carbocycles. The third-order valence-corrected chi connectivity index (χ3v) is 5.03.